The largest absolute Gasteiger partial charge is 0.304 e. The molecule has 0 aromatic heterocycles. The van der Waals surface area contributed by atoms with Gasteiger partial charge < -0.3 is 4.90 Å². The van der Waals surface area contributed by atoms with Crippen LogP contribution in [-0.4, -0.2) is 29.0 Å². The molecule has 1 nitrogen and oxygen atoms in total. The van der Waals surface area contributed by atoms with E-state index >= 15 is 0 Å². The van der Waals surface area contributed by atoms with Gasteiger partial charge in [-0.05, 0) is 38.6 Å². The van der Waals surface area contributed by atoms with Crippen LogP contribution in [0.25, 0.3) is 0 Å². The summed E-state index contributed by atoms with van der Waals surface area (Å²) in [5.74, 6) is 2.53. The van der Waals surface area contributed by atoms with Crippen LogP contribution in [0.4, 0.5) is 0 Å². The van der Waals surface area contributed by atoms with E-state index in [4.69, 9.17) is 0 Å². The molecule has 2 unspecified atom stereocenters. The molecular weight excluding hydrogens is 297 g/mol. The molecule has 0 bridgehead atoms. The van der Waals surface area contributed by atoms with Crippen molar-refractivity contribution in [2.75, 3.05) is 18.0 Å². The fraction of sp³-hybridized carbons (Fsp3) is 1.00. The maximum absolute atomic E-state index is 2.54. The lowest BCUT2D eigenvalue weighted by Crippen LogP contribution is -2.37. The Labute approximate surface area is 110 Å². The molecule has 15 heavy (non-hydrogen) atoms. The predicted octanol–water partition coefficient (Wildman–Crippen LogP) is 4.06. The Bertz CT molecular complexity index is 153. The van der Waals surface area contributed by atoms with E-state index in [1.807, 2.05) is 0 Å². The topological polar surface area (TPSA) is 3.24 Å². The van der Waals surface area contributed by atoms with Gasteiger partial charge in [0.15, 0.2) is 0 Å². The average Bonchev–Trinajstić information content (AvgIpc) is 2.17. The molecule has 0 saturated heterocycles. The predicted molar refractivity (Wildman–Crippen MR) is 78.8 cm³/mol. The molecule has 0 saturated carbocycles. The van der Waals surface area contributed by atoms with Crippen LogP contribution >= 0.6 is 22.6 Å². The van der Waals surface area contributed by atoms with E-state index in [1.165, 1.54) is 17.4 Å². The summed E-state index contributed by atoms with van der Waals surface area (Å²) >= 11 is 2.54. The lowest BCUT2D eigenvalue weighted by Gasteiger charge is -2.34. The third-order valence-corrected chi connectivity index (χ3v) is 4.70. The Morgan fingerprint density at radius 2 is 1.67 bits per heavy atom. The SMILES string of the molecule is CCC(CI)C(CN(C)C(C)C)C(C)C. The lowest BCUT2D eigenvalue weighted by atomic mass is 9.82. The summed E-state index contributed by atoms with van der Waals surface area (Å²) in [6.45, 7) is 12.9. The first kappa shape index (κ1) is 15.7. The maximum atomic E-state index is 2.54. The Morgan fingerprint density at radius 3 is 1.93 bits per heavy atom. The Kier molecular flexibility index (Phi) is 8.24. The van der Waals surface area contributed by atoms with Crippen LogP contribution in [-0.2, 0) is 0 Å². The molecule has 0 aromatic carbocycles. The van der Waals surface area contributed by atoms with Crippen LogP contribution in [0.5, 0.6) is 0 Å². The number of rotatable bonds is 7. The van der Waals surface area contributed by atoms with Crippen molar-refractivity contribution in [1.82, 2.24) is 4.90 Å². The van der Waals surface area contributed by atoms with Gasteiger partial charge in [0.1, 0.15) is 0 Å². The number of halogens is 1. The molecule has 0 rings (SSSR count). The van der Waals surface area contributed by atoms with Crippen LogP contribution in [0.2, 0.25) is 0 Å². The molecule has 0 aliphatic carbocycles. The van der Waals surface area contributed by atoms with Crippen molar-refractivity contribution in [3.8, 4) is 0 Å². The van der Waals surface area contributed by atoms with E-state index < -0.39 is 0 Å². The van der Waals surface area contributed by atoms with Gasteiger partial charge in [0.25, 0.3) is 0 Å². The second-order valence-electron chi connectivity index (χ2n) is 5.26. The highest BCUT2D eigenvalue weighted by Gasteiger charge is 2.24. The summed E-state index contributed by atoms with van der Waals surface area (Å²) in [7, 11) is 2.25. The summed E-state index contributed by atoms with van der Waals surface area (Å²) in [5.41, 5.74) is 0. The fourth-order valence-corrected chi connectivity index (χ4v) is 3.25. The lowest BCUT2D eigenvalue weighted by molar-refractivity contribution is 0.159. The van der Waals surface area contributed by atoms with Gasteiger partial charge in [-0.1, -0.05) is 49.8 Å². The number of hydrogen-bond donors (Lipinski definition) is 0. The second-order valence-corrected chi connectivity index (χ2v) is 6.14. The van der Waals surface area contributed by atoms with E-state index in [9.17, 15) is 0 Å². The zero-order valence-electron chi connectivity index (χ0n) is 11.3. The van der Waals surface area contributed by atoms with Gasteiger partial charge in [0.2, 0.25) is 0 Å². The van der Waals surface area contributed by atoms with Crippen molar-refractivity contribution >= 4 is 22.6 Å². The molecule has 0 N–H and O–H groups in total. The molecule has 92 valence electrons. The van der Waals surface area contributed by atoms with Crippen LogP contribution in [0.1, 0.15) is 41.0 Å². The van der Waals surface area contributed by atoms with E-state index in [-0.39, 0.29) is 0 Å². The Hall–Kier alpha value is 0.690. The van der Waals surface area contributed by atoms with Crippen molar-refractivity contribution in [3.05, 3.63) is 0 Å². The van der Waals surface area contributed by atoms with Gasteiger partial charge in [-0.15, -0.1) is 0 Å². The number of hydrogen-bond acceptors (Lipinski definition) is 1. The maximum Gasteiger partial charge on any atom is 0.00356 e. The van der Waals surface area contributed by atoms with Gasteiger partial charge in [-0.2, -0.15) is 0 Å². The van der Waals surface area contributed by atoms with E-state index in [2.05, 4.69) is 69.2 Å². The Morgan fingerprint density at radius 1 is 1.13 bits per heavy atom. The third kappa shape index (κ3) is 5.53. The molecule has 0 amide bonds. The highest BCUT2D eigenvalue weighted by Crippen LogP contribution is 2.26. The highest BCUT2D eigenvalue weighted by molar-refractivity contribution is 14.1. The average molecular weight is 325 g/mol. The third-order valence-electron chi connectivity index (χ3n) is 3.56. The first-order valence-electron chi connectivity index (χ1n) is 6.20. The minimum Gasteiger partial charge on any atom is -0.304 e. The zero-order chi connectivity index (χ0) is 12.0. The fourth-order valence-electron chi connectivity index (χ4n) is 1.97. The summed E-state index contributed by atoms with van der Waals surface area (Å²) in [4.78, 5) is 2.49. The van der Waals surface area contributed by atoms with Crippen LogP contribution in [0, 0.1) is 17.8 Å². The summed E-state index contributed by atoms with van der Waals surface area (Å²) in [5, 5.41) is 0. The summed E-state index contributed by atoms with van der Waals surface area (Å²) in [6.07, 6.45) is 1.32. The minimum atomic E-state index is 0.665. The number of alkyl halides is 1. The van der Waals surface area contributed by atoms with E-state index in [1.54, 1.807) is 0 Å². The standard InChI is InChI=1S/C13H28IN/c1-7-12(8-14)13(10(2)3)9-15(6)11(4)5/h10-13H,7-9H2,1-6H3. The molecule has 0 aliphatic heterocycles. The molecular formula is C13H28IN. The monoisotopic (exact) mass is 325 g/mol. The second kappa shape index (κ2) is 7.88. The summed E-state index contributed by atoms with van der Waals surface area (Å²) < 4.78 is 1.29. The van der Waals surface area contributed by atoms with E-state index in [0.29, 0.717) is 6.04 Å². The molecule has 0 aliphatic rings. The van der Waals surface area contributed by atoms with Crippen molar-refractivity contribution in [2.24, 2.45) is 17.8 Å². The number of nitrogens with zero attached hydrogens (tertiary/aromatic N) is 1. The van der Waals surface area contributed by atoms with Crippen LogP contribution < -0.4 is 0 Å². The zero-order valence-corrected chi connectivity index (χ0v) is 13.4. The molecule has 0 aromatic rings. The van der Waals surface area contributed by atoms with Gasteiger partial charge in [0, 0.05) is 17.0 Å². The van der Waals surface area contributed by atoms with E-state index in [0.717, 1.165) is 17.8 Å². The van der Waals surface area contributed by atoms with Crippen molar-refractivity contribution < 1.29 is 0 Å². The van der Waals surface area contributed by atoms with Crippen molar-refractivity contribution in [2.45, 2.75) is 47.1 Å². The molecule has 2 atom stereocenters. The minimum absolute atomic E-state index is 0.665. The quantitative estimate of drug-likeness (QED) is 0.504. The van der Waals surface area contributed by atoms with Crippen LogP contribution in [0.3, 0.4) is 0 Å². The van der Waals surface area contributed by atoms with Gasteiger partial charge in [-0.3, -0.25) is 0 Å². The first-order chi connectivity index (χ1) is 6.93. The normalized spacial score (nSPS) is 16.4. The Balaban J connectivity index is 4.39. The van der Waals surface area contributed by atoms with Crippen molar-refractivity contribution in [3.63, 3.8) is 0 Å². The van der Waals surface area contributed by atoms with Gasteiger partial charge >= 0.3 is 0 Å². The van der Waals surface area contributed by atoms with Gasteiger partial charge in [-0.25, -0.2) is 0 Å². The highest BCUT2D eigenvalue weighted by atomic mass is 127. The molecule has 2 heteroatoms. The first-order valence-corrected chi connectivity index (χ1v) is 7.72. The molecule has 0 fully saturated rings. The molecule has 0 radical (unpaired) electrons. The van der Waals surface area contributed by atoms with Gasteiger partial charge in [0.05, 0.1) is 0 Å². The van der Waals surface area contributed by atoms with Crippen molar-refractivity contribution in [1.29, 1.82) is 0 Å². The summed E-state index contributed by atoms with van der Waals surface area (Å²) in [6, 6.07) is 0.665. The molecule has 0 spiro atoms. The van der Waals surface area contributed by atoms with Crippen LogP contribution in [0.15, 0.2) is 0 Å². The molecule has 0 heterocycles. The smallest absolute Gasteiger partial charge is 0.00356 e.